The lowest BCUT2D eigenvalue weighted by molar-refractivity contribution is -0.127. The number of carbonyl (C=O) groups is 1. The number of hydrogen-bond donors (Lipinski definition) is 1. The van der Waals surface area contributed by atoms with Gasteiger partial charge in [-0.3, -0.25) is 4.79 Å². The van der Waals surface area contributed by atoms with E-state index in [0.717, 1.165) is 5.75 Å². The normalized spacial score (nSPS) is 11.7. The largest absolute Gasteiger partial charge is 0.481 e. The fraction of sp³-hybridized carbons (Fsp3) is 0.235. The number of benzene rings is 2. The van der Waals surface area contributed by atoms with Crippen LogP contribution in [0.25, 0.3) is 0 Å². The Morgan fingerprint density at radius 2 is 1.71 bits per heavy atom. The first-order valence-corrected chi connectivity index (χ1v) is 7.91. The second-order valence-corrected chi connectivity index (χ2v) is 5.69. The number of para-hydroxylation sites is 1. The van der Waals surface area contributed by atoms with Gasteiger partial charge in [0.25, 0.3) is 5.91 Å². The van der Waals surface area contributed by atoms with E-state index in [1.54, 1.807) is 18.7 Å². The molecule has 2 aromatic rings. The minimum Gasteiger partial charge on any atom is -0.481 e. The summed E-state index contributed by atoms with van der Waals surface area (Å²) in [6, 6.07) is 19.5. The third kappa shape index (κ3) is 5.52. The fourth-order valence-electron chi connectivity index (χ4n) is 1.76. The lowest BCUT2D eigenvalue weighted by atomic mass is 10.3. The standard InChI is InChI=1S/C17H19NO2S/c1-14(20-15-8-4-2-5-9-15)17(19)18-12-13-21-16-10-6-3-7-11-16/h2-11,14H,12-13H2,1H3,(H,18,19)/t14-/m1/s1. The molecule has 0 aromatic heterocycles. The average Bonchev–Trinajstić information content (AvgIpc) is 2.53. The molecule has 2 aromatic carbocycles. The van der Waals surface area contributed by atoms with E-state index >= 15 is 0 Å². The van der Waals surface area contributed by atoms with Gasteiger partial charge in [-0.25, -0.2) is 0 Å². The minimum atomic E-state index is -0.492. The van der Waals surface area contributed by atoms with E-state index in [1.165, 1.54) is 4.90 Å². The van der Waals surface area contributed by atoms with Crippen LogP contribution in [0, 0.1) is 0 Å². The summed E-state index contributed by atoms with van der Waals surface area (Å²) >= 11 is 1.72. The summed E-state index contributed by atoms with van der Waals surface area (Å²) in [5.41, 5.74) is 0. The van der Waals surface area contributed by atoms with Crippen LogP contribution in [0.5, 0.6) is 5.75 Å². The van der Waals surface area contributed by atoms with Gasteiger partial charge in [0.05, 0.1) is 0 Å². The van der Waals surface area contributed by atoms with Crippen LogP contribution in [0.2, 0.25) is 0 Å². The number of ether oxygens (including phenoxy) is 1. The van der Waals surface area contributed by atoms with Gasteiger partial charge < -0.3 is 10.1 Å². The maximum atomic E-state index is 11.9. The molecule has 0 aliphatic heterocycles. The molecule has 0 spiro atoms. The molecule has 1 N–H and O–H groups in total. The summed E-state index contributed by atoms with van der Waals surface area (Å²) in [6.07, 6.45) is -0.492. The summed E-state index contributed by atoms with van der Waals surface area (Å²) in [5, 5.41) is 2.89. The highest BCUT2D eigenvalue weighted by Gasteiger charge is 2.13. The zero-order chi connectivity index (χ0) is 14.9. The Morgan fingerprint density at radius 1 is 1.10 bits per heavy atom. The molecule has 0 saturated carbocycles. The molecule has 0 radical (unpaired) electrons. The summed E-state index contributed by atoms with van der Waals surface area (Å²) < 4.78 is 5.57. The topological polar surface area (TPSA) is 38.3 Å². The highest BCUT2D eigenvalue weighted by atomic mass is 32.2. The quantitative estimate of drug-likeness (QED) is 0.629. The summed E-state index contributed by atoms with van der Waals surface area (Å²) in [6.45, 7) is 2.38. The average molecular weight is 301 g/mol. The molecule has 3 nitrogen and oxygen atoms in total. The van der Waals surface area contributed by atoms with Gasteiger partial charge in [0.2, 0.25) is 0 Å². The Hall–Kier alpha value is -1.94. The Bertz CT molecular complexity index is 545. The predicted molar refractivity (Wildman–Crippen MR) is 86.7 cm³/mol. The monoisotopic (exact) mass is 301 g/mol. The first-order valence-electron chi connectivity index (χ1n) is 6.93. The molecule has 4 heteroatoms. The van der Waals surface area contributed by atoms with Crippen molar-refractivity contribution < 1.29 is 9.53 Å². The van der Waals surface area contributed by atoms with Crippen molar-refractivity contribution in [3.8, 4) is 5.75 Å². The van der Waals surface area contributed by atoms with E-state index in [4.69, 9.17) is 4.74 Å². The highest BCUT2D eigenvalue weighted by molar-refractivity contribution is 7.99. The van der Waals surface area contributed by atoms with Gasteiger partial charge >= 0.3 is 0 Å². The lowest BCUT2D eigenvalue weighted by Gasteiger charge is -2.14. The minimum absolute atomic E-state index is 0.0903. The number of rotatable bonds is 7. The lowest BCUT2D eigenvalue weighted by Crippen LogP contribution is -2.37. The molecule has 1 amide bonds. The van der Waals surface area contributed by atoms with Gasteiger partial charge in [0, 0.05) is 17.2 Å². The Kier molecular flexibility index (Phi) is 6.16. The second kappa shape index (κ2) is 8.37. The molecular weight excluding hydrogens is 282 g/mol. The van der Waals surface area contributed by atoms with E-state index in [2.05, 4.69) is 17.4 Å². The number of carbonyl (C=O) groups excluding carboxylic acids is 1. The van der Waals surface area contributed by atoms with E-state index in [-0.39, 0.29) is 5.91 Å². The first kappa shape index (κ1) is 15.4. The molecule has 0 heterocycles. The predicted octanol–water partition coefficient (Wildman–Crippen LogP) is 3.36. The number of amides is 1. The molecule has 0 fully saturated rings. The molecule has 0 saturated heterocycles. The van der Waals surface area contributed by atoms with Gasteiger partial charge in [-0.05, 0) is 31.2 Å². The van der Waals surface area contributed by atoms with E-state index in [1.807, 2.05) is 48.5 Å². The van der Waals surface area contributed by atoms with Gasteiger partial charge in [-0.1, -0.05) is 36.4 Å². The van der Waals surface area contributed by atoms with Crippen molar-refractivity contribution in [3.63, 3.8) is 0 Å². The first-order chi connectivity index (χ1) is 10.3. The van der Waals surface area contributed by atoms with Crippen LogP contribution >= 0.6 is 11.8 Å². The van der Waals surface area contributed by atoms with Crippen molar-refractivity contribution in [2.24, 2.45) is 0 Å². The zero-order valence-electron chi connectivity index (χ0n) is 12.0. The van der Waals surface area contributed by atoms with E-state index < -0.39 is 6.10 Å². The molecule has 0 aliphatic carbocycles. The highest BCUT2D eigenvalue weighted by Crippen LogP contribution is 2.16. The van der Waals surface area contributed by atoms with Crippen molar-refractivity contribution in [1.29, 1.82) is 0 Å². The summed E-state index contributed by atoms with van der Waals surface area (Å²) in [7, 11) is 0. The molecule has 0 unspecified atom stereocenters. The van der Waals surface area contributed by atoms with Gasteiger partial charge in [-0.2, -0.15) is 0 Å². The Balaban J connectivity index is 1.67. The van der Waals surface area contributed by atoms with Crippen LogP contribution < -0.4 is 10.1 Å². The fourth-order valence-corrected chi connectivity index (χ4v) is 2.55. The SMILES string of the molecule is C[C@@H](Oc1ccccc1)C(=O)NCCSc1ccccc1. The number of hydrogen-bond acceptors (Lipinski definition) is 3. The molecule has 21 heavy (non-hydrogen) atoms. The van der Waals surface area contributed by atoms with Gasteiger partial charge in [0.15, 0.2) is 6.10 Å². The van der Waals surface area contributed by atoms with E-state index in [9.17, 15) is 4.79 Å². The molecular formula is C17H19NO2S. The number of thioether (sulfide) groups is 1. The Labute approximate surface area is 129 Å². The van der Waals surface area contributed by atoms with Crippen LogP contribution in [-0.2, 0) is 4.79 Å². The maximum absolute atomic E-state index is 11.9. The van der Waals surface area contributed by atoms with Crippen molar-refractivity contribution in [1.82, 2.24) is 5.32 Å². The van der Waals surface area contributed by atoms with Crippen molar-refractivity contribution >= 4 is 17.7 Å². The molecule has 1 atom stereocenters. The van der Waals surface area contributed by atoms with Crippen LogP contribution in [0.3, 0.4) is 0 Å². The van der Waals surface area contributed by atoms with Gasteiger partial charge in [-0.15, -0.1) is 11.8 Å². The van der Waals surface area contributed by atoms with E-state index in [0.29, 0.717) is 12.3 Å². The Morgan fingerprint density at radius 3 is 2.38 bits per heavy atom. The van der Waals surface area contributed by atoms with Crippen LogP contribution in [0.4, 0.5) is 0 Å². The zero-order valence-corrected chi connectivity index (χ0v) is 12.8. The smallest absolute Gasteiger partial charge is 0.260 e. The molecule has 0 bridgehead atoms. The van der Waals surface area contributed by atoms with Crippen LogP contribution in [0.15, 0.2) is 65.6 Å². The molecule has 2 rings (SSSR count). The molecule has 0 aliphatic rings. The van der Waals surface area contributed by atoms with Crippen LogP contribution in [-0.4, -0.2) is 24.3 Å². The van der Waals surface area contributed by atoms with Crippen molar-refractivity contribution in [2.45, 2.75) is 17.9 Å². The third-order valence-electron chi connectivity index (χ3n) is 2.84. The molecule has 110 valence electrons. The van der Waals surface area contributed by atoms with Crippen molar-refractivity contribution in [3.05, 3.63) is 60.7 Å². The van der Waals surface area contributed by atoms with Crippen LogP contribution in [0.1, 0.15) is 6.92 Å². The maximum Gasteiger partial charge on any atom is 0.260 e. The summed E-state index contributed by atoms with van der Waals surface area (Å²) in [4.78, 5) is 13.1. The number of nitrogens with one attached hydrogen (secondary N) is 1. The van der Waals surface area contributed by atoms with Gasteiger partial charge in [0.1, 0.15) is 5.75 Å². The second-order valence-electron chi connectivity index (χ2n) is 4.53. The third-order valence-corrected chi connectivity index (χ3v) is 3.85. The van der Waals surface area contributed by atoms with Crippen molar-refractivity contribution in [2.75, 3.05) is 12.3 Å². The summed E-state index contributed by atoms with van der Waals surface area (Å²) in [5.74, 6) is 1.46.